The van der Waals surface area contributed by atoms with Crippen molar-refractivity contribution >= 4 is 0 Å². The minimum absolute atomic E-state index is 0.505. The number of hydrogen-bond acceptors (Lipinski definition) is 2. The highest BCUT2D eigenvalue weighted by Gasteiger charge is 2.08. The second-order valence-electron chi connectivity index (χ2n) is 2.77. The Bertz CT molecular complexity index is 261. The van der Waals surface area contributed by atoms with Gasteiger partial charge in [-0.1, -0.05) is 12.2 Å². The topological polar surface area (TPSA) is 33.4 Å². The van der Waals surface area contributed by atoms with Crippen molar-refractivity contribution in [3.63, 3.8) is 0 Å². The number of hydrogen-bond donors (Lipinski definition) is 1. The van der Waals surface area contributed by atoms with Crippen LogP contribution in [-0.2, 0) is 0 Å². The molecule has 0 aliphatic heterocycles. The van der Waals surface area contributed by atoms with Crippen molar-refractivity contribution < 1.29 is 9.52 Å². The van der Waals surface area contributed by atoms with Gasteiger partial charge in [-0.15, -0.1) is 0 Å². The molecule has 0 aliphatic rings. The highest BCUT2D eigenvalue weighted by Crippen LogP contribution is 2.19. The van der Waals surface area contributed by atoms with E-state index >= 15 is 0 Å². The third-order valence-electron chi connectivity index (χ3n) is 1.68. The molecule has 1 rings (SSSR count). The van der Waals surface area contributed by atoms with Gasteiger partial charge in [-0.05, 0) is 32.4 Å². The predicted octanol–water partition coefficient (Wildman–Crippen LogP) is 2.59. The normalized spacial score (nSPS) is 13.9. The third kappa shape index (κ3) is 2.24. The average Bonchev–Trinajstić information content (AvgIpc) is 2.47. The molecule has 2 nitrogen and oxygen atoms in total. The van der Waals surface area contributed by atoms with Crippen molar-refractivity contribution in [3.05, 3.63) is 35.8 Å². The van der Waals surface area contributed by atoms with Crippen molar-refractivity contribution in [2.24, 2.45) is 0 Å². The summed E-state index contributed by atoms with van der Waals surface area (Å²) in [6.07, 6.45) is 3.94. The molecule has 0 fully saturated rings. The van der Waals surface area contributed by atoms with Crippen LogP contribution in [0.4, 0.5) is 0 Å². The zero-order chi connectivity index (χ0) is 8.97. The van der Waals surface area contributed by atoms with E-state index in [4.69, 9.17) is 4.42 Å². The standard InChI is InChI=1S/C10H14O2/c1-3-4-5-9(11)10-7-6-8(2)12-10/h3-4,6-7,9,11H,5H2,1-2H3/b4-3+. The summed E-state index contributed by atoms with van der Waals surface area (Å²) in [7, 11) is 0. The summed E-state index contributed by atoms with van der Waals surface area (Å²) in [6, 6.07) is 3.66. The van der Waals surface area contributed by atoms with E-state index in [-0.39, 0.29) is 0 Å². The Hall–Kier alpha value is -1.02. The van der Waals surface area contributed by atoms with Crippen LogP contribution in [0.1, 0.15) is 31.0 Å². The maximum Gasteiger partial charge on any atom is 0.132 e. The monoisotopic (exact) mass is 166 g/mol. The number of aliphatic hydroxyl groups excluding tert-OH is 1. The summed E-state index contributed by atoms with van der Waals surface area (Å²) in [6.45, 7) is 3.80. The molecule has 1 unspecified atom stereocenters. The zero-order valence-electron chi connectivity index (χ0n) is 7.45. The molecular formula is C10H14O2. The molecule has 66 valence electrons. The minimum Gasteiger partial charge on any atom is -0.464 e. The first-order valence-electron chi connectivity index (χ1n) is 4.09. The van der Waals surface area contributed by atoms with Gasteiger partial charge in [0.25, 0.3) is 0 Å². The fourth-order valence-electron chi connectivity index (χ4n) is 1.01. The number of aliphatic hydroxyl groups is 1. The van der Waals surface area contributed by atoms with Crippen molar-refractivity contribution in [2.75, 3.05) is 0 Å². The fourth-order valence-corrected chi connectivity index (χ4v) is 1.01. The van der Waals surface area contributed by atoms with Crippen LogP contribution in [-0.4, -0.2) is 5.11 Å². The largest absolute Gasteiger partial charge is 0.464 e. The smallest absolute Gasteiger partial charge is 0.132 e. The lowest BCUT2D eigenvalue weighted by atomic mass is 10.2. The van der Waals surface area contributed by atoms with E-state index in [0.29, 0.717) is 12.2 Å². The van der Waals surface area contributed by atoms with Gasteiger partial charge in [-0.25, -0.2) is 0 Å². The van der Waals surface area contributed by atoms with Crippen LogP contribution in [0.15, 0.2) is 28.7 Å². The van der Waals surface area contributed by atoms with E-state index in [2.05, 4.69) is 0 Å². The fraction of sp³-hybridized carbons (Fsp3) is 0.400. The summed E-state index contributed by atoms with van der Waals surface area (Å²) >= 11 is 0. The Kier molecular flexibility index (Phi) is 3.11. The molecule has 1 heterocycles. The first-order chi connectivity index (χ1) is 5.74. The highest BCUT2D eigenvalue weighted by molar-refractivity contribution is 5.08. The Balaban J connectivity index is 2.58. The van der Waals surface area contributed by atoms with Crippen molar-refractivity contribution in [3.8, 4) is 0 Å². The van der Waals surface area contributed by atoms with Crippen molar-refractivity contribution in [1.29, 1.82) is 0 Å². The Morgan fingerprint density at radius 1 is 1.58 bits per heavy atom. The molecule has 1 aromatic rings. The number of aryl methyl sites for hydroxylation is 1. The lowest BCUT2D eigenvalue weighted by molar-refractivity contribution is 0.151. The van der Waals surface area contributed by atoms with Gasteiger partial charge in [0.1, 0.15) is 17.6 Å². The van der Waals surface area contributed by atoms with Crippen LogP contribution in [0, 0.1) is 6.92 Å². The van der Waals surface area contributed by atoms with E-state index in [9.17, 15) is 5.11 Å². The molecule has 0 bridgehead atoms. The second-order valence-corrected chi connectivity index (χ2v) is 2.77. The van der Waals surface area contributed by atoms with Crippen molar-refractivity contribution in [1.82, 2.24) is 0 Å². The van der Waals surface area contributed by atoms with Gasteiger partial charge in [0.15, 0.2) is 0 Å². The van der Waals surface area contributed by atoms with Gasteiger partial charge in [0.2, 0.25) is 0 Å². The van der Waals surface area contributed by atoms with Gasteiger partial charge in [-0.2, -0.15) is 0 Å². The lowest BCUT2D eigenvalue weighted by Crippen LogP contribution is -1.92. The molecule has 2 heteroatoms. The van der Waals surface area contributed by atoms with Gasteiger partial charge in [-0.3, -0.25) is 0 Å². The maximum absolute atomic E-state index is 9.52. The van der Waals surface area contributed by atoms with Crippen LogP contribution >= 0.6 is 0 Å². The van der Waals surface area contributed by atoms with Crippen LogP contribution in [0.3, 0.4) is 0 Å². The average molecular weight is 166 g/mol. The van der Waals surface area contributed by atoms with Crippen LogP contribution in [0.5, 0.6) is 0 Å². The Morgan fingerprint density at radius 2 is 2.33 bits per heavy atom. The Morgan fingerprint density at radius 3 is 2.83 bits per heavy atom. The van der Waals surface area contributed by atoms with Gasteiger partial charge in [0.05, 0.1) is 0 Å². The van der Waals surface area contributed by atoms with Crippen molar-refractivity contribution in [2.45, 2.75) is 26.4 Å². The summed E-state index contributed by atoms with van der Waals surface area (Å²) in [5, 5.41) is 9.52. The molecule has 0 aromatic carbocycles. The molecule has 0 saturated heterocycles. The SMILES string of the molecule is C/C=C/CC(O)c1ccc(C)o1. The molecular weight excluding hydrogens is 152 g/mol. The summed E-state index contributed by atoms with van der Waals surface area (Å²) in [5.74, 6) is 1.48. The van der Waals surface area contributed by atoms with Gasteiger partial charge in [0, 0.05) is 0 Å². The second kappa shape index (κ2) is 4.12. The summed E-state index contributed by atoms with van der Waals surface area (Å²) < 4.78 is 5.26. The molecule has 0 radical (unpaired) electrons. The lowest BCUT2D eigenvalue weighted by Gasteiger charge is -2.02. The quantitative estimate of drug-likeness (QED) is 0.700. The molecule has 1 aromatic heterocycles. The molecule has 1 atom stereocenters. The van der Waals surface area contributed by atoms with E-state index in [1.54, 1.807) is 0 Å². The van der Waals surface area contributed by atoms with E-state index < -0.39 is 6.10 Å². The van der Waals surface area contributed by atoms with E-state index in [0.717, 1.165) is 5.76 Å². The molecule has 1 N–H and O–H groups in total. The minimum atomic E-state index is -0.505. The number of rotatable bonds is 3. The number of allylic oxidation sites excluding steroid dienone is 1. The molecule has 0 saturated carbocycles. The number of furan rings is 1. The highest BCUT2D eigenvalue weighted by atomic mass is 16.4. The summed E-state index contributed by atoms with van der Waals surface area (Å²) in [4.78, 5) is 0. The first-order valence-corrected chi connectivity index (χ1v) is 4.09. The van der Waals surface area contributed by atoms with E-state index in [1.807, 2.05) is 38.1 Å². The molecule has 12 heavy (non-hydrogen) atoms. The Labute approximate surface area is 72.5 Å². The van der Waals surface area contributed by atoms with Crippen LogP contribution in [0.25, 0.3) is 0 Å². The molecule has 0 spiro atoms. The molecule has 0 amide bonds. The van der Waals surface area contributed by atoms with Gasteiger partial charge < -0.3 is 9.52 Å². The first kappa shape index (κ1) is 9.07. The van der Waals surface area contributed by atoms with E-state index in [1.165, 1.54) is 0 Å². The van der Waals surface area contributed by atoms with Crippen LogP contribution < -0.4 is 0 Å². The zero-order valence-corrected chi connectivity index (χ0v) is 7.45. The third-order valence-corrected chi connectivity index (χ3v) is 1.68. The van der Waals surface area contributed by atoms with Crippen LogP contribution in [0.2, 0.25) is 0 Å². The summed E-state index contributed by atoms with van der Waals surface area (Å²) in [5.41, 5.74) is 0. The molecule has 0 aliphatic carbocycles. The van der Waals surface area contributed by atoms with Gasteiger partial charge >= 0.3 is 0 Å². The maximum atomic E-state index is 9.52. The predicted molar refractivity (Wildman–Crippen MR) is 47.8 cm³/mol.